The number of carbonyl (C=O) groups excluding carboxylic acids is 2. The molecule has 4 heteroatoms. The summed E-state index contributed by atoms with van der Waals surface area (Å²) in [4.78, 5) is 27.3. The van der Waals surface area contributed by atoms with E-state index in [4.69, 9.17) is 0 Å². The second-order valence-electron chi connectivity index (χ2n) is 7.28. The van der Waals surface area contributed by atoms with E-state index in [1.54, 1.807) is 0 Å². The minimum Gasteiger partial charge on any atom is -0.338 e. The maximum atomic E-state index is 12.9. The Labute approximate surface area is 154 Å². The number of hydrogen-bond acceptors (Lipinski definition) is 2. The van der Waals surface area contributed by atoms with Crippen molar-refractivity contribution in [3.05, 3.63) is 65.2 Å². The van der Waals surface area contributed by atoms with E-state index in [9.17, 15) is 9.59 Å². The van der Waals surface area contributed by atoms with E-state index in [1.165, 1.54) is 17.5 Å². The van der Waals surface area contributed by atoms with Crippen LogP contribution in [-0.2, 0) is 17.6 Å². The fraction of sp³-hybridized carbons (Fsp3) is 0.364. The van der Waals surface area contributed by atoms with Gasteiger partial charge in [-0.15, -0.1) is 0 Å². The fourth-order valence-electron chi connectivity index (χ4n) is 4.03. The number of amides is 2. The molecule has 1 aliphatic heterocycles. The quantitative estimate of drug-likeness (QED) is 0.920. The van der Waals surface area contributed by atoms with Gasteiger partial charge in [0.1, 0.15) is 0 Å². The summed E-state index contributed by atoms with van der Waals surface area (Å²) in [6.45, 7) is 1.22. The molecule has 1 heterocycles. The molecule has 2 aromatic rings. The third-order valence-corrected chi connectivity index (χ3v) is 5.47. The number of piperidine rings is 1. The Morgan fingerprint density at radius 3 is 2.62 bits per heavy atom. The molecule has 0 spiro atoms. The van der Waals surface area contributed by atoms with Crippen molar-refractivity contribution in [2.45, 2.75) is 32.1 Å². The number of nitrogens with one attached hydrogen (secondary N) is 1. The highest BCUT2D eigenvalue weighted by atomic mass is 16.2. The molecule has 2 amide bonds. The third-order valence-electron chi connectivity index (χ3n) is 5.47. The highest BCUT2D eigenvalue weighted by Gasteiger charge is 2.29. The fourth-order valence-corrected chi connectivity index (χ4v) is 4.03. The van der Waals surface area contributed by atoms with Crippen LogP contribution in [-0.4, -0.2) is 29.8 Å². The molecule has 2 aromatic carbocycles. The molecule has 134 valence electrons. The second kappa shape index (κ2) is 7.32. The van der Waals surface area contributed by atoms with Gasteiger partial charge in [0, 0.05) is 24.3 Å². The predicted molar refractivity (Wildman–Crippen MR) is 102 cm³/mol. The van der Waals surface area contributed by atoms with Gasteiger partial charge in [-0.3, -0.25) is 9.59 Å². The smallest absolute Gasteiger partial charge is 0.253 e. The zero-order valence-electron chi connectivity index (χ0n) is 14.9. The van der Waals surface area contributed by atoms with Crippen molar-refractivity contribution >= 4 is 17.5 Å². The molecule has 1 aliphatic carbocycles. The first-order valence-corrected chi connectivity index (χ1v) is 9.48. The van der Waals surface area contributed by atoms with Crippen LogP contribution in [0.5, 0.6) is 0 Å². The van der Waals surface area contributed by atoms with E-state index < -0.39 is 0 Å². The van der Waals surface area contributed by atoms with E-state index in [1.807, 2.05) is 41.3 Å². The van der Waals surface area contributed by atoms with Crippen LogP contribution in [0.3, 0.4) is 0 Å². The summed E-state index contributed by atoms with van der Waals surface area (Å²) >= 11 is 0. The number of hydrogen-bond donors (Lipinski definition) is 1. The number of likely N-dealkylation sites (tertiary alicyclic amines) is 1. The van der Waals surface area contributed by atoms with Gasteiger partial charge in [-0.25, -0.2) is 0 Å². The number of carbonyl (C=O) groups is 2. The van der Waals surface area contributed by atoms with Crippen molar-refractivity contribution in [1.29, 1.82) is 0 Å². The zero-order valence-corrected chi connectivity index (χ0v) is 14.9. The Morgan fingerprint density at radius 1 is 0.962 bits per heavy atom. The summed E-state index contributed by atoms with van der Waals surface area (Å²) < 4.78 is 0. The van der Waals surface area contributed by atoms with Crippen LogP contribution >= 0.6 is 0 Å². The molecule has 0 bridgehead atoms. The zero-order chi connectivity index (χ0) is 17.9. The summed E-state index contributed by atoms with van der Waals surface area (Å²) in [5, 5.41) is 2.97. The first-order valence-electron chi connectivity index (χ1n) is 9.48. The largest absolute Gasteiger partial charge is 0.338 e. The van der Waals surface area contributed by atoms with E-state index in [2.05, 4.69) is 17.4 Å². The van der Waals surface area contributed by atoms with Gasteiger partial charge in [0.05, 0.1) is 5.92 Å². The first kappa shape index (κ1) is 16.8. The monoisotopic (exact) mass is 348 g/mol. The van der Waals surface area contributed by atoms with Crippen LogP contribution < -0.4 is 5.32 Å². The lowest BCUT2D eigenvalue weighted by atomic mass is 9.96. The molecule has 1 saturated heterocycles. The minimum atomic E-state index is -0.151. The van der Waals surface area contributed by atoms with Crippen molar-refractivity contribution < 1.29 is 9.59 Å². The van der Waals surface area contributed by atoms with Crippen molar-refractivity contribution in [3.63, 3.8) is 0 Å². The van der Waals surface area contributed by atoms with Gasteiger partial charge in [0.15, 0.2) is 0 Å². The number of anilines is 1. The molecular formula is C22H24N2O2. The topological polar surface area (TPSA) is 49.4 Å². The summed E-state index contributed by atoms with van der Waals surface area (Å²) in [5.74, 6) is -0.0955. The predicted octanol–water partition coefficient (Wildman–Crippen LogP) is 3.67. The highest BCUT2D eigenvalue weighted by molar-refractivity contribution is 5.96. The number of para-hydroxylation sites is 1. The van der Waals surface area contributed by atoms with Crippen LogP contribution in [0.25, 0.3) is 0 Å². The molecule has 1 N–H and O–H groups in total. The average molecular weight is 348 g/mol. The number of aryl methyl sites for hydroxylation is 2. The molecule has 4 nitrogen and oxygen atoms in total. The molecule has 26 heavy (non-hydrogen) atoms. The van der Waals surface area contributed by atoms with E-state index in [0.29, 0.717) is 6.54 Å². The van der Waals surface area contributed by atoms with Crippen molar-refractivity contribution in [2.24, 2.45) is 5.92 Å². The summed E-state index contributed by atoms with van der Waals surface area (Å²) in [6.07, 6.45) is 5.06. The van der Waals surface area contributed by atoms with E-state index >= 15 is 0 Å². The van der Waals surface area contributed by atoms with Crippen LogP contribution in [0.1, 0.15) is 40.7 Å². The Balaban J connectivity index is 1.43. The van der Waals surface area contributed by atoms with Crippen molar-refractivity contribution in [2.75, 3.05) is 18.4 Å². The van der Waals surface area contributed by atoms with Crippen molar-refractivity contribution in [3.8, 4) is 0 Å². The highest BCUT2D eigenvalue weighted by Crippen LogP contribution is 2.25. The lowest BCUT2D eigenvalue weighted by molar-refractivity contribution is -0.121. The van der Waals surface area contributed by atoms with Gasteiger partial charge in [-0.1, -0.05) is 24.3 Å². The van der Waals surface area contributed by atoms with Gasteiger partial charge in [-0.05, 0) is 67.5 Å². The maximum Gasteiger partial charge on any atom is 0.253 e. The molecule has 1 atom stereocenters. The molecule has 2 aliphatic rings. The Hall–Kier alpha value is -2.62. The normalized spacial score (nSPS) is 19.1. The standard InChI is InChI=1S/C22H24N2O2/c25-21(23-20-9-2-1-3-10-20)19-8-5-13-24(15-19)22(26)18-12-11-16-6-4-7-17(16)14-18/h1-3,9-12,14,19H,4-8,13,15H2,(H,23,25). The third kappa shape index (κ3) is 3.50. The number of benzene rings is 2. The van der Waals surface area contributed by atoms with Crippen LogP contribution in [0, 0.1) is 5.92 Å². The number of fused-ring (bicyclic) bond motifs is 1. The molecular weight excluding hydrogens is 324 g/mol. The molecule has 0 aromatic heterocycles. The molecule has 1 unspecified atom stereocenters. The lowest BCUT2D eigenvalue weighted by Crippen LogP contribution is -2.43. The summed E-state index contributed by atoms with van der Waals surface area (Å²) in [5.41, 5.74) is 4.25. The molecule has 1 fully saturated rings. The second-order valence-corrected chi connectivity index (χ2v) is 7.28. The van der Waals surface area contributed by atoms with Gasteiger partial charge in [-0.2, -0.15) is 0 Å². The maximum absolute atomic E-state index is 12.9. The summed E-state index contributed by atoms with van der Waals surface area (Å²) in [7, 11) is 0. The number of nitrogens with zero attached hydrogens (tertiary/aromatic N) is 1. The molecule has 0 saturated carbocycles. The van der Waals surface area contributed by atoms with Gasteiger partial charge in [0.25, 0.3) is 5.91 Å². The lowest BCUT2D eigenvalue weighted by Gasteiger charge is -2.32. The first-order chi connectivity index (χ1) is 12.7. The summed E-state index contributed by atoms with van der Waals surface area (Å²) in [6, 6.07) is 15.6. The van der Waals surface area contributed by atoms with Crippen molar-refractivity contribution in [1.82, 2.24) is 4.90 Å². The van der Waals surface area contributed by atoms with E-state index in [0.717, 1.165) is 43.5 Å². The van der Waals surface area contributed by atoms with Crippen LogP contribution in [0.4, 0.5) is 5.69 Å². The van der Waals surface area contributed by atoms with Gasteiger partial charge in [0.2, 0.25) is 5.91 Å². The van der Waals surface area contributed by atoms with Crippen LogP contribution in [0.15, 0.2) is 48.5 Å². The average Bonchev–Trinajstić information content (AvgIpc) is 3.16. The Kier molecular flexibility index (Phi) is 4.74. The van der Waals surface area contributed by atoms with Crippen LogP contribution in [0.2, 0.25) is 0 Å². The Morgan fingerprint density at radius 2 is 1.77 bits per heavy atom. The molecule has 0 radical (unpaired) electrons. The SMILES string of the molecule is O=C(Nc1ccccc1)C1CCCN(C(=O)c2ccc3c(c2)CCC3)C1. The minimum absolute atomic E-state index is 0.00246. The van der Waals surface area contributed by atoms with Gasteiger partial charge >= 0.3 is 0 Å². The number of rotatable bonds is 3. The van der Waals surface area contributed by atoms with Gasteiger partial charge < -0.3 is 10.2 Å². The Bertz CT molecular complexity index is 816. The van der Waals surface area contributed by atoms with E-state index in [-0.39, 0.29) is 17.7 Å². The molecule has 4 rings (SSSR count).